The number of rotatable bonds is 1. The number of ether oxygens (including phenoxy) is 1. The fourth-order valence-electron chi connectivity index (χ4n) is 1.81. The summed E-state index contributed by atoms with van der Waals surface area (Å²) in [6.07, 6.45) is -4.40. The number of esters is 1. The highest BCUT2D eigenvalue weighted by atomic mass is 19.4. The maximum Gasteiger partial charge on any atom is 0.416 e. The van der Waals surface area contributed by atoms with Crippen LogP contribution in [0.1, 0.15) is 16.1 Å². The normalized spacial score (nSPS) is 11.8. The molecule has 0 radical (unpaired) electrons. The quantitative estimate of drug-likeness (QED) is 0.735. The van der Waals surface area contributed by atoms with Gasteiger partial charge in [0.25, 0.3) is 0 Å². The van der Waals surface area contributed by atoms with Crippen molar-refractivity contribution in [1.82, 2.24) is 4.57 Å². The Hall–Kier alpha value is -1.98. The lowest BCUT2D eigenvalue weighted by Crippen LogP contribution is -2.08. The monoisotopic (exact) mass is 257 g/mol. The zero-order chi connectivity index (χ0) is 13.5. The molecule has 0 aliphatic rings. The van der Waals surface area contributed by atoms with Crippen LogP contribution in [0.5, 0.6) is 0 Å². The van der Waals surface area contributed by atoms with Gasteiger partial charge in [-0.3, -0.25) is 0 Å². The van der Waals surface area contributed by atoms with Gasteiger partial charge in [-0.05, 0) is 18.2 Å². The van der Waals surface area contributed by atoms with E-state index in [0.717, 1.165) is 12.1 Å². The summed E-state index contributed by atoms with van der Waals surface area (Å²) in [7, 11) is 2.75. The van der Waals surface area contributed by atoms with Gasteiger partial charge < -0.3 is 9.30 Å². The first-order valence-corrected chi connectivity index (χ1v) is 5.09. The number of aryl methyl sites for hydroxylation is 1. The van der Waals surface area contributed by atoms with Gasteiger partial charge in [0.2, 0.25) is 0 Å². The standard InChI is InChI=1S/C12H10F3NO2/c1-16-9-6-8(12(13,14)15)4-3-7(9)5-10(16)11(17)18-2/h3-6H,1-2H3. The minimum absolute atomic E-state index is 0.215. The van der Waals surface area contributed by atoms with Crippen LogP contribution in [-0.4, -0.2) is 17.6 Å². The Kier molecular flexibility index (Phi) is 2.80. The van der Waals surface area contributed by atoms with Crippen molar-refractivity contribution in [3.05, 3.63) is 35.5 Å². The summed E-state index contributed by atoms with van der Waals surface area (Å²) in [4.78, 5) is 11.4. The molecule has 2 aromatic rings. The summed E-state index contributed by atoms with van der Waals surface area (Å²) in [5.41, 5.74) is -0.190. The number of fused-ring (bicyclic) bond motifs is 1. The molecule has 0 spiro atoms. The number of nitrogens with zero attached hydrogens (tertiary/aromatic N) is 1. The van der Waals surface area contributed by atoms with Crippen LogP contribution in [0.2, 0.25) is 0 Å². The summed E-state index contributed by atoms with van der Waals surface area (Å²) < 4.78 is 43.7. The molecule has 96 valence electrons. The number of carbonyl (C=O) groups excluding carboxylic acids is 1. The molecule has 0 atom stereocenters. The molecule has 3 nitrogen and oxygen atoms in total. The average molecular weight is 257 g/mol. The lowest BCUT2D eigenvalue weighted by atomic mass is 10.1. The molecule has 0 N–H and O–H groups in total. The van der Waals surface area contributed by atoms with Gasteiger partial charge in [-0.25, -0.2) is 4.79 Å². The second-order valence-corrected chi connectivity index (χ2v) is 3.85. The maximum atomic E-state index is 12.6. The summed E-state index contributed by atoms with van der Waals surface area (Å²) in [5, 5.41) is 0.561. The third kappa shape index (κ3) is 1.94. The van der Waals surface area contributed by atoms with Crippen LogP contribution < -0.4 is 0 Å². The predicted molar refractivity (Wildman–Crippen MR) is 59.3 cm³/mol. The van der Waals surface area contributed by atoms with Gasteiger partial charge in [0.05, 0.1) is 12.7 Å². The molecule has 0 saturated carbocycles. The number of alkyl halides is 3. The highest BCUT2D eigenvalue weighted by Gasteiger charge is 2.31. The number of hydrogen-bond acceptors (Lipinski definition) is 2. The van der Waals surface area contributed by atoms with Gasteiger partial charge in [0.1, 0.15) is 5.69 Å². The molecule has 0 aliphatic heterocycles. The predicted octanol–water partition coefficient (Wildman–Crippen LogP) is 2.98. The minimum atomic E-state index is -4.40. The lowest BCUT2D eigenvalue weighted by Gasteiger charge is -2.07. The second kappa shape index (κ2) is 4.04. The van der Waals surface area contributed by atoms with Gasteiger partial charge >= 0.3 is 12.1 Å². The van der Waals surface area contributed by atoms with E-state index in [1.165, 1.54) is 30.9 Å². The van der Waals surface area contributed by atoms with Gasteiger partial charge in [-0.2, -0.15) is 13.2 Å². The number of halogens is 3. The first kappa shape index (κ1) is 12.5. The third-order valence-electron chi connectivity index (χ3n) is 2.77. The van der Waals surface area contributed by atoms with Gasteiger partial charge in [-0.15, -0.1) is 0 Å². The Labute approximate surface area is 101 Å². The van der Waals surface area contributed by atoms with Crippen LogP contribution in [0.25, 0.3) is 10.9 Å². The van der Waals surface area contributed by atoms with Crippen molar-refractivity contribution in [1.29, 1.82) is 0 Å². The Morgan fingerprint density at radius 3 is 2.50 bits per heavy atom. The number of carbonyl (C=O) groups is 1. The van der Waals surface area contributed by atoms with E-state index in [4.69, 9.17) is 0 Å². The number of methoxy groups -OCH3 is 1. The largest absolute Gasteiger partial charge is 0.464 e. The topological polar surface area (TPSA) is 31.2 Å². The molecule has 0 unspecified atom stereocenters. The van der Waals surface area contributed by atoms with Crippen LogP contribution in [-0.2, 0) is 18.0 Å². The smallest absolute Gasteiger partial charge is 0.416 e. The minimum Gasteiger partial charge on any atom is -0.464 e. The van der Waals surface area contributed by atoms with Crippen molar-refractivity contribution in [3.63, 3.8) is 0 Å². The number of aromatic nitrogens is 1. The molecule has 1 aromatic carbocycles. The highest BCUT2D eigenvalue weighted by molar-refractivity contribution is 5.95. The van der Waals surface area contributed by atoms with Crippen LogP contribution >= 0.6 is 0 Å². The Balaban J connectivity index is 2.64. The van der Waals surface area contributed by atoms with Crippen LogP contribution in [0.4, 0.5) is 13.2 Å². The molecule has 0 bridgehead atoms. The highest BCUT2D eigenvalue weighted by Crippen LogP contribution is 2.32. The molecule has 18 heavy (non-hydrogen) atoms. The zero-order valence-electron chi connectivity index (χ0n) is 9.71. The van der Waals surface area contributed by atoms with Crippen molar-refractivity contribution in [2.24, 2.45) is 7.05 Å². The van der Waals surface area contributed by atoms with Crippen molar-refractivity contribution >= 4 is 16.9 Å². The summed E-state index contributed by atoms with van der Waals surface area (Å²) in [6.45, 7) is 0. The van der Waals surface area contributed by atoms with E-state index in [1.54, 1.807) is 0 Å². The SMILES string of the molecule is COC(=O)c1cc2ccc(C(F)(F)F)cc2n1C. The Morgan fingerprint density at radius 2 is 1.94 bits per heavy atom. The van der Waals surface area contributed by atoms with Crippen molar-refractivity contribution in [2.75, 3.05) is 7.11 Å². The van der Waals surface area contributed by atoms with Crippen molar-refractivity contribution < 1.29 is 22.7 Å². The summed E-state index contributed by atoms with van der Waals surface area (Å²) >= 11 is 0. The van der Waals surface area contributed by atoms with Crippen LogP contribution in [0, 0.1) is 0 Å². The average Bonchev–Trinajstić information content (AvgIpc) is 2.64. The third-order valence-corrected chi connectivity index (χ3v) is 2.77. The van der Waals surface area contributed by atoms with E-state index in [1.807, 2.05) is 0 Å². The molecular formula is C12H10F3NO2. The Morgan fingerprint density at radius 1 is 1.28 bits per heavy atom. The van der Waals surface area contributed by atoms with Crippen molar-refractivity contribution in [2.45, 2.75) is 6.18 Å². The van der Waals surface area contributed by atoms with Crippen LogP contribution in [0.15, 0.2) is 24.3 Å². The van der Waals surface area contributed by atoms with Gasteiger partial charge in [0.15, 0.2) is 0 Å². The molecule has 0 amide bonds. The molecule has 1 heterocycles. The van der Waals surface area contributed by atoms with E-state index in [-0.39, 0.29) is 5.69 Å². The van der Waals surface area contributed by atoms with Crippen molar-refractivity contribution in [3.8, 4) is 0 Å². The Bertz CT molecular complexity index is 614. The summed E-state index contributed by atoms with van der Waals surface area (Å²) in [5.74, 6) is -0.581. The molecule has 0 saturated heterocycles. The second-order valence-electron chi connectivity index (χ2n) is 3.85. The number of hydrogen-bond donors (Lipinski definition) is 0. The fourth-order valence-corrected chi connectivity index (χ4v) is 1.81. The maximum absolute atomic E-state index is 12.6. The van der Waals surface area contributed by atoms with E-state index < -0.39 is 17.7 Å². The molecule has 2 rings (SSSR count). The van der Waals surface area contributed by atoms with E-state index in [2.05, 4.69) is 4.74 Å². The molecule has 1 aromatic heterocycles. The first-order chi connectivity index (χ1) is 8.34. The number of benzene rings is 1. The first-order valence-electron chi connectivity index (χ1n) is 5.09. The molecule has 6 heteroatoms. The fraction of sp³-hybridized carbons (Fsp3) is 0.250. The van der Waals surface area contributed by atoms with E-state index >= 15 is 0 Å². The zero-order valence-corrected chi connectivity index (χ0v) is 9.71. The van der Waals surface area contributed by atoms with E-state index in [9.17, 15) is 18.0 Å². The van der Waals surface area contributed by atoms with Gasteiger partial charge in [0, 0.05) is 18.0 Å². The molecular weight excluding hydrogens is 247 g/mol. The van der Waals surface area contributed by atoms with E-state index in [0.29, 0.717) is 10.9 Å². The summed E-state index contributed by atoms with van der Waals surface area (Å²) in [6, 6.07) is 4.84. The van der Waals surface area contributed by atoms with Crippen LogP contribution in [0.3, 0.4) is 0 Å². The lowest BCUT2D eigenvalue weighted by molar-refractivity contribution is -0.137. The molecule has 0 aliphatic carbocycles. The molecule has 0 fully saturated rings. The van der Waals surface area contributed by atoms with Gasteiger partial charge in [-0.1, -0.05) is 6.07 Å².